The van der Waals surface area contributed by atoms with Crippen LogP contribution in [0.25, 0.3) is 0 Å². The summed E-state index contributed by atoms with van der Waals surface area (Å²) in [5.74, 6) is 3.49. The van der Waals surface area contributed by atoms with Crippen molar-refractivity contribution in [2.45, 2.75) is 0 Å². The standard InChI is InChI=1S/C12H9BrF2N2O/c13-8-6-7(4-5-10(8)17-16)18-11-3-1-2-9(14)12(11)15/h1-6,17H,16H2. The SMILES string of the molecule is NNc1ccc(Oc2cccc(F)c2F)cc1Br. The number of ether oxygens (including phenoxy) is 1. The molecule has 6 heteroatoms. The number of rotatable bonds is 3. The van der Waals surface area contributed by atoms with Crippen molar-refractivity contribution >= 4 is 21.6 Å². The van der Waals surface area contributed by atoms with Gasteiger partial charge in [0.15, 0.2) is 11.6 Å². The Hall–Kier alpha value is -1.66. The van der Waals surface area contributed by atoms with E-state index in [0.29, 0.717) is 15.9 Å². The molecule has 0 saturated carbocycles. The molecule has 0 aliphatic heterocycles. The summed E-state index contributed by atoms with van der Waals surface area (Å²) in [4.78, 5) is 0. The van der Waals surface area contributed by atoms with Crippen molar-refractivity contribution in [2.75, 3.05) is 5.43 Å². The fourth-order valence-corrected chi connectivity index (χ4v) is 1.84. The van der Waals surface area contributed by atoms with E-state index in [2.05, 4.69) is 21.4 Å². The summed E-state index contributed by atoms with van der Waals surface area (Å²) in [6.07, 6.45) is 0. The van der Waals surface area contributed by atoms with Crippen molar-refractivity contribution < 1.29 is 13.5 Å². The van der Waals surface area contributed by atoms with Crippen LogP contribution in [-0.2, 0) is 0 Å². The van der Waals surface area contributed by atoms with E-state index in [-0.39, 0.29) is 5.75 Å². The molecular formula is C12H9BrF2N2O. The molecule has 2 aromatic carbocycles. The molecule has 94 valence electrons. The lowest BCUT2D eigenvalue weighted by Gasteiger charge is -2.09. The second kappa shape index (κ2) is 5.32. The van der Waals surface area contributed by atoms with Gasteiger partial charge in [0.1, 0.15) is 5.75 Å². The van der Waals surface area contributed by atoms with Crippen molar-refractivity contribution in [2.24, 2.45) is 5.84 Å². The number of anilines is 1. The van der Waals surface area contributed by atoms with Gasteiger partial charge in [-0.1, -0.05) is 6.07 Å². The summed E-state index contributed by atoms with van der Waals surface area (Å²) in [6, 6.07) is 8.58. The van der Waals surface area contributed by atoms with E-state index in [9.17, 15) is 8.78 Å². The monoisotopic (exact) mass is 314 g/mol. The maximum absolute atomic E-state index is 13.4. The Balaban J connectivity index is 2.29. The number of hydrogen-bond acceptors (Lipinski definition) is 3. The molecule has 0 atom stereocenters. The zero-order valence-electron chi connectivity index (χ0n) is 9.08. The number of hydrogen-bond donors (Lipinski definition) is 2. The molecule has 18 heavy (non-hydrogen) atoms. The van der Waals surface area contributed by atoms with E-state index in [0.717, 1.165) is 6.07 Å². The second-order valence-electron chi connectivity index (χ2n) is 3.44. The third-order valence-corrected chi connectivity index (χ3v) is 2.90. The first kappa shape index (κ1) is 12.8. The molecule has 0 saturated heterocycles. The van der Waals surface area contributed by atoms with Crippen LogP contribution in [0.4, 0.5) is 14.5 Å². The van der Waals surface area contributed by atoms with Gasteiger partial charge in [-0.2, -0.15) is 4.39 Å². The lowest BCUT2D eigenvalue weighted by molar-refractivity contribution is 0.416. The molecule has 0 bridgehead atoms. The van der Waals surface area contributed by atoms with Crippen molar-refractivity contribution in [3.63, 3.8) is 0 Å². The summed E-state index contributed by atoms with van der Waals surface area (Å²) in [5, 5.41) is 0. The third-order valence-electron chi connectivity index (χ3n) is 2.24. The van der Waals surface area contributed by atoms with Gasteiger partial charge < -0.3 is 10.2 Å². The molecule has 0 amide bonds. The zero-order chi connectivity index (χ0) is 13.1. The number of benzene rings is 2. The van der Waals surface area contributed by atoms with Crippen molar-refractivity contribution in [1.82, 2.24) is 0 Å². The van der Waals surface area contributed by atoms with Crippen LogP contribution < -0.4 is 16.0 Å². The minimum Gasteiger partial charge on any atom is -0.454 e. The van der Waals surface area contributed by atoms with Crippen molar-refractivity contribution in [3.05, 3.63) is 52.5 Å². The maximum Gasteiger partial charge on any atom is 0.201 e. The van der Waals surface area contributed by atoms with Gasteiger partial charge in [-0.15, -0.1) is 0 Å². The smallest absolute Gasteiger partial charge is 0.201 e. The van der Waals surface area contributed by atoms with E-state index in [1.807, 2.05) is 0 Å². The quantitative estimate of drug-likeness (QED) is 0.669. The van der Waals surface area contributed by atoms with Gasteiger partial charge in [0, 0.05) is 4.47 Å². The molecule has 3 N–H and O–H groups in total. The average molecular weight is 315 g/mol. The average Bonchev–Trinajstić information content (AvgIpc) is 2.35. The van der Waals surface area contributed by atoms with E-state index >= 15 is 0 Å². The van der Waals surface area contributed by atoms with Gasteiger partial charge >= 0.3 is 0 Å². The second-order valence-corrected chi connectivity index (χ2v) is 4.29. The minimum atomic E-state index is -1.02. The Bertz CT molecular complexity index is 578. The Kier molecular flexibility index (Phi) is 3.78. The van der Waals surface area contributed by atoms with E-state index in [1.54, 1.807) is 18.2 Å². The van der Waals surface area contributed by atoms with Crippen LogP contribution in [0.5, 0.6) is 11.5 Å². The van der Waals surface area contributed by atoms with Gasteiger partial charge in [0.25, 0.3) is 0 Å². The van der Waals surface area contributed by atoms with Crippen LogP contribution in [0.1, 0.15) is 0 Å². The summed E-state index contributed by atoms with van der Waals surface area (Å²) >= 11 is 3.26. The molecule has 0 unspecified atom stereocenters. The summed E-state index contributed by atoms with van der Waals surface area (Å²) < 4.78 is 32.3. The first-order valence-corrected chi connectivity index (χ1v) is 5.79. The van der Waals surface area contributed by atoms with Crippen LogP contribution in [0.15, 0.2) is 40.9 Å². The van der Waals surface area contributed by atoms with Gasteiger partial charge in [-0.05, 0) is 46.3 Å². The molecule has 3 nitrogen and oxygen atoms in total. The largest absolute Gasteiger partial charge is 0.454 e. The summed E-state index contributed by atoms with van der Waals surface area (Å²) in [6.45, 7) is 0. The maximum atomic E-state index is 13.4. The lowest BCUT2D eigenvalue weighted by Crippen LogP contribution is -2.07. The molecule has 0 radical (unpaired) electrons. The predicted octanol–water partition coefficient (Wildman–Crippen LogP) is 3.81. The van der Waals surface area contributed by atoms with Crippen molar-refractivity contribution in [3.8, 4) is 11.5 Å². The van der Waals surface area contributed by atoms with Gasteiger partial charge in [-0.25, -0.2) is 4.39 Å². The third kappa shape index (κ3) is 2.60. The highest BCUT2D eigenvalue weighted by molar-refractivity contribution is 9.10. The van der Waals surface area contributed by atoms with Crippen LogP contribution in [0.2, 0.25) is 0 Å². The highest BCUT2D eigenvalue weighted by Gasteiger charge is 2.10. The number of hydrazine groups is 1. The topological polar surface area (TPSA) is 47.3 Å². The van der Waals surface area contributed by atoms with Crippen LogP contribution in [0.3, 0.4) is 0 Å². The zero-order valence-corrected chi connectivity index (χ0v) is 10.7. The first-order chi connectivity index (χ1) is 8.61. The summed E-state index contributed by atoms with van der Waals surface area (Å²) in [7, 11) is 0. The Morgan fingerprint density at radius 3 is 2.61 bits per heavy atom. The minimum absolute atomic E-state index is 0.171. The molecule has 0 spiro atoms. The normalized spacial score (nSPS) is 10.2. The first-order valence-electron chi connectivity index (χ1n) is 5.00. The van der Waals surface area contributed by atoms with Crippen molar-refractivity contribution in [1.29, 1.82) is 0 Å². The predicted molar refractivity (Wildman–Crippen MR) is 68.4 cm³/mol. The van der Waals surface area contributed by atoms with Crippen LogP contribution in [-0.4, -0.2) is 0 Å². The van der Waals surface area contributed by atoms with Crippen LogP contribution >= 0.6 is 15.9 Å². The van der Waals surface area contributed by atoms with Gasteiger partial charge in [0.2, 0.25) is 5.82 Å². The summed E-state index contributed by atoms with van der Waals surface area (Å²) in [5.41, 5.74) is 3.13. The fraction of sp³-hybridized carbons (Fsp3) is 0. The lowest BCUT2D eigenvalue weighted by atomic mass is 10.3. The number of nitrogens with one attached hydrogen (secondary N) is 1. The Labute approximate surface area is 111 Å². The molecule has 2 rings (SSSR count). The van der Waals surface area contributed by atoms with E-state index in [1.165, 1.54) is 12.1 Å². The van der Waals surface area contributed by atoms with E-state index in [4.69, 9.17) is 10.6 Å². The highest BCUT2D eigenvalue weighted by atomic mass is 79.9. The van der Waals surface area contributed by atoms with E-state index < -0.39 is 11.6 Å². The molecule has 0 aliphatic carbocycles. The molecule has 0 heterocycles. The molecular weight excluding hydrogens is 306 g/mol. The van der Waals surface area contributed by atoms with Gasteiger partial charge in [-0.3, -0.25) is 5.84 Å². The molecule has 0 fully saturated rings. The van der Waals surface area contributed by atoms with Gasteiger partial charge in [0.05, 0.1) is 5.69 Å². The number of nitrogens with two attached hydrogens (primary N) is 1. The molecule has 2 aromatic rings. The highest BCUT2D eigenvalue weighted by Crippen LogP contribution is 2.31. The number of halogens is 3. The van der Waals surface area contributed by atoms with Crippen LogP contribution in [0, 0.1) is 11.6 Å². The Morgan fingerprint density at radius 1 is 1.17 bits per heavy atom. The molecule has 0 aliphatic rings. The molecule has 0 aromatic heterocycles. The Morgan fingerprint density at radius 2 is 1.94 bits per heavy atom. The number of nitrogen functional groups attached to an aromatic ring is 1. The fourth-order valence-electron chi connectivity index (χ4n) is 1.37.